The molecule has 1 heterocycles. The third-order valence-electron chi connectivity index (χ3n) is 4.17. The van der Waals surface area contributed by atoms with Crippen molar-refractivity contribution in [1.29, 1.82) is 0 Å². The standard InChI is InChI=1S/C21H19BrN2O4S/c1-3-27-17-11-14(9-15-19(25)23-21(29)24(2)20(15)26)10-16(22)18(17)28-12-13-7-5-4-6-8-13/h4-11H,3,12H2,1-2H3,(H,23,25,29)/b15-9+. The highest BCUT2D eigenvalue weighted by molar-refractivity contribution is 9.10. The summed E-state index contributed by atoms with van der Waals surface area (Å²) in [5.41, 5.74) is 1.64. The van der Waals surface area contributed by atoms with Gasteiger partial charge >= 0.3 is 0 Å². The second-order valence-corrected chi connectivity index (χ2v) is 7.46. The largest absolute Gasteiger partial charge is 0.490 e. The van der Waals surface area contributed by atoms with E-state index in [9.17, 15) is 9.59 Å². The van der Waals surface area contributed by atoms with E-state index >= 15 is 0 Å². The highest BCUT2D eigenvalue weighted by Gasteiger charge is 2.30. The average Bonchev–Trinajstić information content (AvgIpc) is 2.70. The minimum atomic E-state index is -0.531. The summed E-state index contributed by atoms with van der Waals surface area (Å²) >= 11 is 8.47. The number of amides is 2. The molecule has 1 fully saturated rings. The molecule has 6 nitrogen and oxygen atoms in total. The van der Waals surface area contributed by atoms with Crippen LogP contribution in [0.4, 0.5) is 0 Å². The number of hydrogen-bond donors (Lipinski definition) is 1. The first-order valence-electron chi connectivity index (χ1n) is 8.88. The molecule has 3 rings (SSSR count). The van der Waals surface area contributed by atoms with Gasteiger partial charge in [-0.1, -0.05) is 30.3 Å². The molecule has 0 saturated carbocycles. The first-order chi connectivity index (χ1) is 13.9. The molecule has 2 aromatic rings. The lowest BCUT2D eigenvalue weighted by Crippen LogP contribution is -2.52. The number of rotatable bonds is 6. The molecule has 150 valence electrons. The van der Waals surface area contributed by atoms with Crippen molar-refractivity contribution in [3.63, 3.8) is 0 Å². The Labute approximate surface area is 182 Å². The van der Waals surface area contributed by atoms with Gasteiger partial charge in [-0.05, 0) is 64.4 Å². The van der Waals surface area contributed by atoms with Crippen LogP contribution in [-0.4, -0.2) is 35.5 Å². The molecule has 1 saturated heterocycles. The molecular formula is C21H19BrN2O4S. The van der Waals surface area contributed by atoms with Crippen LogP contribution in [0.25, 0.3) is 6.08 Å². The fourth-order valence-corrected chi connectivity index (χ4v) is 3.47. The summed E-state index contributed by atoms with van der Waals surface area (Å²) < 4.78 is 12.3. The van der Waals surface area contributed by atoms with Crippen LogP contribution >= 0.6 is 28.1 Å². The van der Waals surface area contributed by atoms with Gasteiger partial charge in [0.15, 0.2) is 16.6 Å². The molecule has 2 amide bonds. The van der Waals surface area contributed by atoms with Gasteiger partial charge in [-0.25, -0.2) is 0 Å². The van der Waals surface area contributed by atoms with Gasteiger partial charge in [-0.3, -0.25) is 19.8 Å². The minimum absolute atomic E-state index is 0.00611. The SMILES string of the molecule is CCOc1cc(/C=C2\C(=O)NC(=S)N(C)C2=O)cc(Br)c1OCc1ccccc1. The number of likely N-dealkylation sites (N-methyl/N-ethyl adjacent to an activating group) is 1. The van der Waals surface area contributed by atoms with E-state index in [1.165, 1.54) is 18.0 Å². The first-order valence-corrected chi connectivity index (χ1v) is 10.1. The van der Waals surface area contributed by atoms with Crippen LogP contribution in [0.5, 0.6) is 11.5 Å². The second-order valence-electron chi connectivity index (χ2n) is 6.22. The zero-order valence-corrected chi connectivity index (χ0v) is 18.3. The molecule has 8 heteroatoms. The van der Waals surface area contributed by atoms with Crippen molar-refractivity contribution in [2.75, 3.05) is 13.7 Å². The van der Waals surface area contributed by atoms with Crippen molar-refractivity contribution >= 4 is 51.2 Å². The van der Waals surface area contributed by atoms with Crippen molar-refractivity contribution < 1.29 is 19.1 Å². The summed E-state index contributed by atoms with van der Waals surface area (Å²) in [5.74, 6) is 0.0709. The van der Waals surface area contributed by atoms with E-state index in [0.717, 1.165) is 5.56 Å². The second kappa shape index (κ2) is 9.19. The topological polar surface area (TPSA) is 67.9 Å². The summed E-state index contributed by atoms with van der Waals surface area (Å²) in [6.45, 7) is 2.68. The zero-order chi connectivity index (χ0) is 21.0. The molecule has 1 N–H and O–H groups in total. The number of thiocarbonyl (C=S) groups is 1. The summed E-state index contributed by atoms with van der Waals surface area (Å²) in [5, 5.41) is 2.58. The molecule has 0 atom stereocenters. The molecule has 0 unspecified atom stereocenters. The van der Waals surface area contributed by atoms with Crippen molar-refractivity contribution in [2.24, 2.45) is 0 Å². The number of nitrogens with zero attached hydrogens (tertiary/aromatic N) is 1. The van der Waals surface area contributed by atoms with Crippen LogP contribution in [0.2, 0.25) is 0 Å². The van der Waals surface area contributed by atoms with E-state index in [4.69, 9.17) is 21.7 Å². The van der Waals surface area contributed by atoms with Gasteiger partial charge in [0.05, 0.1) is 11.1 Å². The Balaban J connectivity index is 1.92. The van der Waals surface area contributed by atoms with Gasteiger partial charge in [0.25, 0.3) is 11.8 Å². The smallest absolute Gasteiger partial charge is 0.265 e. The van der Waals surface area contributed by atoms with E-state index in [1.807, 2.05) is 37.3 Å². The van der Waals surface area contributed by atoms with Crippen LogP contribution < -0.4 is 14.8 Å². The fraction of sp³-hybridized carbons (Fsp3) is 0.190. The number of carbonyl (C=O) groups is 2. The van der Waals surface area contributed by atoms with Crippen LogP contribution in [0, 0.1) is 0 Å². The number of carbonyl (C=O) groups excluding carboxylic acids is 2. The van der Waals surface area contributed by atoms with Crippen LogP contribution in [0.3, 0.4) is 0 Å². The number of halogens is 1. The Morgan fingerprint density at radius 2 is 1.90 bits per heavy atom. The summed E-state index contributed by atoms with van der Waals surface area (Å²) in [6.07, 6.45) is 1.50. The normalized spacial score (nSPS) is 15.5. The van der Waals surface area contributed by atoms with E-state index < -0.39 is 11.8 Å². The summed E-state index contributed by atoms with van der Waals surface area (Å²) in [4.78, 5) is 25.8. The van der Waals surface area contributed by atoms with Crippen molar-refractivity contribution in [1.82, 2.24) is 10.2 Å². The quantitative estimate of drug-likeness (QED) is 0.392. The maximum Gasteiger partial charge on any atom is 0.265 e. The molecule has 0 radical (unpaired) electrons. The third-order valence-corrected chi connectivity index (χ3v) is 5.14. The van der Waals surface area contributed by atoms with Gasteiger partial charge in [0.2, 0.25) is 0 Å². The summed E-state index contributed by atoms with van der Waals surface area (Å²) in [7, 11) is 1.51. The Kier molecular flexibility index (Phi) is 6.66. The molecule has 2 aromatic carbocycles. The highest BCUT2D eigenvalue weighted by Crippen LogP contribution is 2.38. The molecule has 0 bridgehead atoms. The molecule has 0 aromatic heterocycles. The lowest BCUT2D eigenvalue weighted by molar-refractivity contribution is -0.128. The van der Waals surface area contributed by atoms with Crippen molar-refractivity contribution in [3.05, 3.63) is 63.6 Å². The van der Waals surface area contributed by atoms with E-state index in [-0.39, 0.29) is 10.7 Å². The lowest BCUT2D eigenvalue weighted by Gasteiger charge is -2.25. The Morgan fingerprint density at radius 3 is 2.59 bits per heavy atom. The average molecular weight is 475 g/mol. The maximum absolute atomic E-state index is 12.4. The van der Waals surface area contributed by atoms with E-state index in [0.29, 0.717) is 34.7 Å². The zero-order valence-electron chi connectivity index (χ0n) is 15.9. The van der Waals surface area contributed by atoms with Gasteiger partial charge < -0.3 is 9.47 Å². The predicted molar refractivity (Wildman–Crippen MR) is 118 cm³/mol. The number of benzene rings is 2. The summed E-state index contributed by atoms with van der Waals surface area (Å²) in [6, 6.07) is 13.3. The van der Waals surface area contributed by atoms with Gasteiger partial charge in [-0.15, -0.1) is 0 Å². The highest BCUT2D eigenvalue weighted by atomic mass is 79.9. The van der Waals surface area contributed by atoms with Gasteiger partial charge in [0.1, 0.15) is 12.2 Å². The van der Waals surface area contributed by atoms with E-state index in [1.54, 1.807) is 12.1 Å². The molecular weight excluding hydrogens is 456 g/mol. The maximum atomic E-state index is 12.4. The molecule has 0 spiro atoms. The van der Waals surface area contributed by atoms with Crippen LogP contribution in [0.1, 0.15) is 18.1 Å². The monoisotopic (exact) mass is 474 g/mol. The Hall–Kier alpha value is -2.71. The van der Waals surface area contributed by atoms with Crippen molar-refractivity contribution in [2.45, 2.75) is 13.5 Å². The molecule has 29 heavy (non-hydrogen) atoms. The van der Waals surface area contributed by atoms with Gasteiger partial charge in [-0.2, -0.15) is 0 Å². The van der Waals surface area contributed by atoms with Gasteiger partial charge in [0, 0.05) is 7.05 Å². The Bertz CT molecular complexity index is 992. The molecule has 0 aliphatic carbocycles. The Morgan fingerprint density at radius 1 is 1.17 bits per heavy atom. The van der Waals surface area contributed by atoms with Crippen LogP contribution in [0.15, 0.2) is 52.5 Å². The predicted octanol–water partition coefficient (Wildman–Crippen LogP) is 3.68. The van der Waals surface area contributed by atoms with Crippen LogP contribution in [-0.2, 0) is 16.2 Å². The lowest BCUT2D eigenvalue weighted by atomic mass is 10.1. The third kappa shape index (κ3) is 4.83. The number of ether oxygens (including phenoxy) is 2. The molecule has 1 aliphatic heterocycles. The van der Waals surface area contributed by atoms with E-state index in [2.05, 4.69) is 21.2 Å². The minimum Gasteiger partial charge on any atom is -0.490 e. The fourth-order valence-electron chi connectivity index (χ4n) is 2.72. The number of nitrogens with one attached hydrogen (secondary N) is 1. The first kappa shape index (κ1) is 21.0. The molecule has 1 aliphatic rings. The van der Waals surface area contributed by atoms with Crippen molar-refractivity contribution in [3.8, 4) is 11.5 Å². The number of hydrogen-bond acceptors (Lipinski definition) is 5.